The van der Waals surface area contributed by atoms with Gasteiger partial charge in [-0.1, -0.05) is 36.4 Å². The first-order valence-electron chi connectivity index (χ1n) is 15.7. The van der Waals surface area contributed by atoms with E-state index >= 15 is 0 Å². The largest absolute Gasteiger partial charge is 0.489 e. The number of esters is 1. The van der Waals surface area contributed by atoms with Gasteiger partial charge in [-0.2, -0.15) is 0 Å². The zero-order valence-corrected chi connectivity index (χ0v) is 27.9. The highest BCUT2D eigenvalue weighted by atomic mass is 16.7. The Kier molecular flexibility index (Phi) is 7.80. The zero-order chi connectivity index (χ0) is 32.3. The van der Waals surface area contributed by atoms with Crippen molar-refractivity contribution in [2.75, 3.05) is 13.7 Å². The number of nitrogens with zero attached hydrogens (tertiary/aromatic N) is 4. The summed E-state index contributed by atoms with van der Waals surface area (Å²) in [7, 11) is 3.35. The lowest BCUT2D eigenvalue weighted by molar-refractivity contribution is -0.151. The van der Waals surface area contributed by atoms with Gasteiger partial charge in [-0.3, -0.25) is 9.69 Å². The average molecular weight is 613 g/mol. The Balaban J connectivity index is 1.38. The number of rotatable bonds is 7. The maximum Gasteiger partial charge on any atom is 0.312 e. The van der Waals surface area contributed by atoms with E-state index in [2.05, 4.69) is 66.3 Å². The molecule has 0 bridgehead atoms. The predicted molar refractivity (Wildman–Crippen MR) is 173 cm³/mol. The molecule has 0 fully saturated rings. The Morgan fingerprint density at radius 3 is 2.53 bits per heavy atom. The maximum atomic E-state index is 13.3. The molecule has 45 heavy (non-hydrogen) atoms. The van der Waals surface area contributed by atoms with Crippen LogP contribution in [0, 0.1) is 19.3 Å². The van der Waals surface area contributed by atoms with E-state index in [1.807, 2.05) is 46.9 Å². The van der Waals surface area contributed by atoms with E-state index in [1.54, 1.807) is 4.68 Å². The minimum absolute atomic E-state index is 0.0375. The van der Waals surface area contributed by atoms with Crippen LogP contribution in [0.5, 0.6) is 17.2 Å². The lowest BCUT2D eigenvalue weighted by atomic mass is 9.69. The van der Waals surface area contributed by atoms with Crippen LogP contribution in [0.1, 0.15) is 80.3 Å². The molecule has 3 aromatic carbocycles. The van der Waals surface area contributed by atoms with E-state index in [0.29, 0.717) is 6.54 Å². The number of hydrogen-bond donors (Lipinski definition) is 0. The number of carbonyl (C=O) groups excluding carboxylic acids is 1. The molecule has 9 nitrogen and oxygen atoms in total. The van der Waals surface area contributed by atoms with E-state index in [1.165, 1.54) is 18.2 Å². The lowest BCUT2D eigenvalue weighted by Gasteiger charge is -2.34. The molecule has 0 radical (unpaired) electrons. The second kappa shape index (κ2) is 11.4. The summed E-state index contributed by atoms with van der Waals surface area (Å²) in [6.45, 7) is 16.4. The van der Waals surface area contributed by atoms with Crippen molar-refractivity contribution in [1.29, 1.82) is 0 Å². The highest BCUT2D eigenvalue weighted by Gasteiger charge is 2.41. The number of benzene rings is 3. The monoisotopic (exact) mass is 612 g/mol. The molecule has 4 aromatic rings. The van der Waals surface area contributed by atoms with Gasteiger partial charge in [-0.05, 0) is 74.1 Å². The first kappa shape index (κ1) is 30.9. The molecule has 0 amide bonds. The summed E-state index contributed by atoms with van der Waals surface area (Å²) in [5, 5.41) is 8.69. The van der Waals surface area contributed by atoms with E-state index in [9.17, 15) is 4.79 Å². The third kappa shape index (κ3) is 5.63. The van der Waals surface area contributed by atoms with Gasteiger partial charge in [0.05, 0.1) is 18.0 Å². The third-order valence-corrected chi connectivity index (χ3v) is 9.37. The van der Waals surface area contributed by atoms with Gasteiger partial charge >= 0.3 is 5.97 Å². The summed E-state index contributed by atoms with van der Waals surface area (Å²) < 4.78 is 25.7. The quantitative estimate of drug-likeness (QED) is 0.216. The van der Waals surface area contributed by atoms with Crippen LogP contribution in [-0.2, 0) is 29.7 Å². The highest BCUT2D eigenvalue weighted by Crippen LogP contribution is 2.46. The molecule has 9 heteroatoms. The van der Waals surface area contributed by atoms with Crippen molar-refractivity contribution < 1.29 is 23.7 Å². The molecule has 3 heterocycles. The van der Waals surface area contributed by atoms with Gasteiger partial charge in [-0.25, -0.2) is 4.68 Å². The first-order chi connectivity index (χ1) is 21.3. The smallest absolute Gasteiger partial charge is 0.312 e. The fourth-order valence-electron chi connectivity index (χ4n) is 6.88. The van der Waals surface area contributed by atoms with Crippen molar-refractivity contribution in [2.24, 2.45) is 12.5 Å². The summed E-state index contributed by atoms with van der Waals surface area (Å²) in [6.07, 6.45) is 0.921. The van der Waals surface area contributed by atoms with Crippen LogP contribution in [0.3, 0.4) is 0 Å². The zero-order valence-electron chi connectivity index (χ0n) is 27.9. The van der Waals surface area contributed by atoms with Gasteiger partial charge in [0.25, 0.3) is 0 Å². The second-order valence-electron chi connectivity index (χ2n) is 13.5. The van der Waals surface area contributed by atoms with Crippen molar-refractivity contribution in [3.63, 3.8) is 0 Å². The number of methoxy groups -OCH3 is 1. The van der Waals surface area contributed by atoms with Gasteiger partial charge < -0.3 is 18.9 Å². The van der Waals surface area contributed by atoms with Crippen LogP contribution >= 0.6 is 0 Å². The molecule has 6 rings (SSSR count). The molecule has 1 unspecified atom stereocenters. The summed E-state index contributed by atoms with van der Waals surface area (Å²) in [4.78, 5) is 15.8. The molecular formula is C36H44N4O5. The number of aromatic nitrogens is 3. The highest BCUT2D eigenvalue weighted by molar-refractivity contribution is 5.82. The molecular weight excluding hydrogens is 568 g/mol. The number of fused-ring (bicyclic) bond motifs is 3. The van der Waals surface area contributed by atoms with Crippen molar-refractivity contribution in [3.05, 3.63) is 75.8 Å². The Hall–Kier alpha value is -4.11. The fraction of sp³-hybridized carbons (Fsp3) is 0.472. The number of aryl methyl sites for hydroxylation is 3. The second-order valence-corrected chi connectivity index (χ2v) is 13.5. The topological polar surface area (TPSA) is 87.9 Å². The molecule has 0 spiro atoms. The van der Waals surface area contributed by atoms with E-state index in [4.69, 9.17) is 18.9 Å². The number of ether oxygens (including phenoxy) is 4. The molecule has 238 valence electrons. The van der Waals surface area contributed by atoms with Crippen LogP contribution in [0.4, 0.5) is 0 Å². The van der Waals surface area contributed by atoms with Crippen LogP contribution in [-0.4, -0.2) is 51.4 Å². The molecule has 0 aliphatic carbocycles. The van der Waals surface area contributed by atoms with Crippen LogP contribution < -0.4 is 14.2 Å². The van der Waals surface area contributed by atoms with Gasteiger partial charge in [0.15, 0.2) is 11.5 Å². The van der Waals surface area contributed by atoms with Gasteiger partial charge in [-0.15, -0.1) is 5.10 Å². The number of carbonyl (C=O) groups is 1. The molecule has 0 saturated carbocycles. The summed E-state index contributed by atoms with van der Waals surface area (Å²) in [5.41, 5.74) is 7.53. The minimum atomic E-state index is -0.846. The molecule has 0 saturated heterocycles. The Labute approximate surface area is 265 Å². The molecule has 1 aromatic heterocycles. The SMILES string of the molecule is CC[C@@H]1CN(Cc2cc(C(c3ccc4c(nnn4C)c3C)C(C)(C)C(=O)OC)ccc2C)Cc2cc3c(cc2O1)OC(C)(C)O3. The third-order valence-electron chi connectivity index (χ3n) is 9.37. The molecule has 2 aliphatic rings. The molecule has 2 aliphatic heterocycles. The van der Waals surface area contributed by atoms with Gasteiger partial charge in [0, 0.05) is 58.1 Å². The summed E-state index contributed by atoms with van der Waals surface area (Å²) >= 11 is 0. The van der Waals surface area contributed by atoms with E-state index in [-0.39, 0.29) is 18.0 Å². The van der Waals surface area contributed by atoms with Gasteiger partial charge in [0.2, 0.25) is 5.79 Å². The average Bonchev–Trinajstić information content (AvgIpc) is 3.45. The Morgan fingerprint density at radius 2 is 1.82 bits per heavy atom. The minimum Gasteiger partial charge on any atom is -0.489 e. The standard InChI is InChI=1S/C36H44N4O5/c1-10-26-20-40(19-25-16-30-31(17-29(25)43-26)45-36(6,7)44-30)18-24-15-23(12-11-21(24)2)32(35(4,5)34(41)42-9)27-13-14-28-33(22(27)3)37-38-39(28)8/h11-17,26,32H,10,18-20H2,1-9H3/t26-,32?/m1/s1. The summed E-state index contributed by atoms with van der Waals surface area (Å²) in [5.74, 6) is 1.09. The predicted octanol–water partition coefficient (Wildman–Crippen LogP) is 6.60. The van der Waals surface area contributed by atoms with E-state index < -0.39 is 11.2 Å². The van der Waals surface area contributed by atoms with Crippen LogP contribution in [0.15, 0.2) is 42.5 Å². The van der Waals surface area contributed by atoms with E-state index in [0.717, 1.165) is 70.0 Å². The van der Waals surface area contributed by atoms with Crippen molar-refractivity contribution >= 4 is 17.0 Å². The van der Waals surface area contributed by atoms with Crippen LogP contribution in [0.25, 0.3) is 11.0 Å². The fourth-order valence-corrected chi connectivity index (χ4v) is 6.88. The normalized spacial score (nSPS) is 18.3. The number of hydrogen-bond acceptors (Lipinski definition) is 8. The lowest BCUT2D eigenvalue weighted by Crippen LogP contribution is -2.34. The first-order valence-corrected chi connectivity index (χ1v) is 15.7. The summed E-state index contributed by atoms with van der Waals surface area (Å²) in [6, 6.07) is 14.8. The maximum absolute atomic E-state index is 13.3. The Morgan fingerprint density at radius 1 is 1.09 bits per heavy atom. The Bertz CT molecular complexity index is 1780. The van der Waals surface area contributed by atoms with Crippen molar-refractivity contribution in [3.8, 4) is 17.2 Å². The van der Waals surface area contributed by atoms with Crippen molar-refractivity contribution in [2.45, 2.75) is 85.8 Å². The van der Waals surface area contributed by atoms with Crippen molar-refractivity contribution in [1.82, 2.24) is 19.9 Å². The van der Waals surface area contributed by atoms with Gasteiger partial charge in [0.1, 0.15) is 17.4 Å². The molecule has 0 N–H and O–H groups in total. The molecule has 2 atom stereocenters. The van der Waals surface area contributed by atoms with Crippen LogP contribution in [0.2, 0.25) is 0 Å².